The van der Waals surface area contributed by atoms with Crippen LogP contribution in [-0.4, -0.2) is 23.5 Å². The van der Waals surface area contributed by atoms with Crippen molar-refractivity contribution in [3.8, 4) is 0 Å². The molecule has 1 aromatic heterocycles. The van der Waals surface area contributed by atoms with Crippen molar-refractivity contribution in [1.29, 1.82) is 0 Å². The number of hydrogen-bond acceptors (Lipinski definition) is 4. The van der Waals surface area contributed by atoms with Gasteiger partial charge in [0.1, 0.15) is 11.6 Å². The quantitative estimate of drug-likeness (QED) is 0.733. The lowest BCUT2D eigenvalue weighted by atomic mass is 10.2. The van der Waals surface area contributed by atoms with Crippen molar-refractivity contribution in [1.82, 2.24) is 4.98 Å². The third-order valence-electron chi connectivity index (χ3n) is 4.22. The molecule has 0 spiro atoms. The number of carbonyl (C=O) groups excluding carboxylic acids is 1. The highest BCUT2D eigenvalue weighted by molar-refractivity contribution is 9.10. The van der Waals surface area contributed by atoms with Gasteiger partial charge in [0.15, 0.2) is 5.58 Å². The van der Waals surface area contributed by atoms with E-state index in [2.05, 4.69) is 26.2 Å². The standard InChI is InChI=1S/C18H16BrN3O2/c19-12-6-1-2-7-13(12)20-17(23)15-9-5-11-22(15)18-21-14-8-3-4-10-16(14)24-18/h1-4,6-8,10,15H,5,9,11H2,(H,20,23)/t15-/m0/s1. The molecule has 1 N–H and O–H groups in total. The first kappa shape index (κ1) is 15.2. The smallest absolute Gasteiger partial charge is 0.299 e. The molecule has 0 unspecified atom stereocenters. The Morgan fingerprint density at radius 1 is 1.21 bits per heavy atom. The molecule has 0 aliphatic carbocycles. The summed E-state index contributed by atoms with van der Waals surface area (Å²) in [5, 5.41) is 2.99. The summed E-state index contributed by atoms with van der Waals surface area (Å²) in [6.45, 7) is 0.765. The molecule has 0 radical (unpaired) electrons. The van der Waals surface area contributed by atoms with E-state index in [1.165, 1.54) is 0 Å². The number of halogens is 1. The van der Waals surface area contributed by atoms with Crippen LogP contribution in [-0.2, 0) is 4.79 Å². The molecule has 2 heterocycles. The number of anilines is 2. The first-order chi connectivity index (χ1) is 11.7. The van der Waals surface area contributed by atoms with Crippen LogP contribution in [0.1, 0.15) is 12.8 Å². The van der Waals surface area contributed by atoms with Gasteiger partial charge < -0.3 is 14.6 Å². The first-order valence-corrected chi connectivity index (χ1v) is 8.69. The SMILES string of the molecule is O=C(Nc1ccccc1Br)[C@@H]1CCCN1c1nc2ccccc2o1. The van der Waals surface area contributed by atoms with Gasteiger partial charge in [0.2, 0.25) is 5.91 Å². The molecular weight excluding hydrogens is 370 g/mol. The average molecular weight is 386 g/mol. The Morgan fingerprint density at radius 2 is 2.00 bits per heavy atom. The zero-order chi connectivity index (χ0) is 16.5. The molecule has 122 valence electrons. The topological polar surface area (TPSA) is 58.4 Å². The monoisotopic (exact) mass is 385 g/mol. The van der Waals surface area contributed by atoms with Gasteiger partial charge in [0.05, 0.1) is 5.69 Å². The summed E-state index contributed by atoms with van der Waals surface area (Å²) in [5.74, 6) is -0.0401. The number of aromatic nitrogens is 1. The predicted octanol–water partition coefficient (Wildman–Crippen LogP) is 4.20. The Labute approximate surface area is 147 Å². The molecular formula is C18H16BrN3O2. The normalized spacial score (nSPS) is 17.4. The van der Waals surface area contributed by atoms with Crippen molar-refractivity contribution in [2.75, 3.05) is 16.8 Å². The van der Waals surface area contributed by atoms with Gasteiger partial charge in [0.25, 0.3) is 6.01 Å². The van der Waals surface area contributed by atoms with Crippen LogP contribution in [0.25, 0.3) is 11.1 Å². The number of nitrogens with one attached hydrogen (secondary N) is 1. The van der Waals surface area contributed by atoms with Gasteiger partial charge in [-0.15, -0.1) is 0 Å². The maximum Gasteiger partial charge on any atom is 0.299 e. The van der Waals surface area contributed by atoms with Crippen LogP contribution in [0.4, 0.5) is 11.7 Å². The van der Waals surface area contributed by atoms with Crippen LogP contribution in [0, 0.1) is 0 Å². The molecule has 1 aliphatic rings. The van der Waals surface area contributed by atoms with Gasteiger partial charge in [0, 0.05) is 11.0 Å². The lowest BCUT2D eigenvalue weighted by Gasteiger charge is -2.22. The molecule has 1 saturated heterocycles. The van der Waals surface area contributed by atoms with E-state index in [0.29, 0.717) is 6.01 Å². The number of benzene rings is 2. The molecule has 0 saturated carbocycles. The summed E-state index contributed by atoms with van der Waals surface area (Å²) >= 11 is 3.46. The number of nitrogens with zero attached hydrogens (tertiary/aromatic N) is 2. The second-order valence-corrected chi connectivity index (χ2v) is 6.64. The van der Waals surface area contributed by atoms with Gasteiger partial charge >= 0.3 is 0 Å². The third-order valence-corrected chi connectivity index (χ3v) is 4.91. The zero-order valence-electron chi connectivity index (χ0n) is 12.9. The van der Waals surface area contributed by atoms with Gasteiger partial charge in [-0.1, -0.05) is 24.3 Å². The Kier molecular flexibility index (Phi) is 3.98. The van der Waals surface area contributed by atoms with Gasteiger partial charge in [-0.05, 0) is 53.0 Å². The number of carbonyl (C=O) groups is 1. The highest BCUT2D eigenvalue weighted by Gasteiger charge is 2.34. The minimum Gasteiger partial charge on any atom is -0.423 e. The molecule has 1 fully saturated rings. The van der Waals surface area contributed by atoms with E-state index in [1.54, 1.807) is 0 Å². The van der Waals surface area contributed by atoms with E-state index in [4.69, 9.17) is 4.42 Å². The Morgan fingerprint density at radius 3 is 2.83 bits per heavy atom. The molecule has 1 atom stereocenters. The summed E-state index contributed by atoms with van der Waals surface area (Å²) in [5.41, 5.74) is 2.32. The van der Waals surface area contributed by atoms with Crippen molar-refractivity contribution >= 4 is 44.6 Å². The number of para-hydroxylation sites is 3. The fourth-order valence-corrected chi connectivity index (χ4v) is 3.41. The molecule has 4 rings (SSSR count). The average Bonchev–Trinajstić information content (AvgIpc) is 3.23. The van der Waals surface area contributed by atoms with E-state index in [1.807, 2.05) is 53.4 Å². The van der Waals surface area contributed by atoms with E-state index in [9.17, 15) is 4.79 Å². The van der Waals surface area contributed by atoms with E-state index in [-0.39, 0.29) is 11.9 Å². The maximum atomic E-state index is 12.7. The first-order valence-electron chi connectivity index (χ1n) is 7.90. The summed E-state index contributed by atoms with van der Waals surface area (Å²) in [7, 11) is 0. The fraction of sp³-hybridized carbons (Fsp3) is 0.222. The highest BCUT2D eigenvalue weighted by atomic mass is 79.9. The number of hydrogen-bond donors (Lipinski definition) is 1. The van der Waals surface area contributed by atoms with Crippen molar-refractivity contribution in [3.05, 3.63) is 53.0 Å². The van der Waals surface area contributed by atoms with Crippen molar-refractivity contribution in [3.63, 3.8) is 0 Å². The lowest BCUT2D eigenvalue weighted by molar-refractivity contribution is -0.117. The maximum absolute atomic E-state index is 12.7. The van der Waals surface area contributed by atoms with Crippen molar-refractivity contribution in [2.45, 2.75) is 18.9 Å². The summed E-state index contributed by atoms with van der Waals surface area (Å²) in [4.78, 5) is 19.2. The number of oxazole rings is 1. The Balaban J connectivity index is 1.58. The largest absolute Gasteiger partial charge is 0.423 e. The third kappa shape index (κ3) is 2.78. The molecule has 3 aromatic rings. The number of fused-ring (bicyclic) bond motifs is 1. The van der Waals surface area contributed by atoms with Crippen molar-refractivity contribution in [2.24, 2.45) is 0 Å². The second kappa shape index (κ2) is 6.28. The van der Waals surface area contributed by atoms with Gasteiger partial charge in [-0.3, -0.25) is 4.79 Å². The van der Waals surface area contributed by atoms with Crippen LogP contribution in [0.5, 0.6) is 0 Å². The summed E-state index contributed by atoms with van der Waals surface area (Å²) in [6, 6.07) is 15.5. The number of amides is 1. The minimum absolute atomic E-state index is 0.0401. The van der Waals surface area contributed by atoms with E-state index >= 15 is 0 Å². The summed E-state index contributed by atoms with van der Waals surface area (Å²) < 4.78 is 6.70. The molecule has 1 amide bonds. The zero-order valence-corrected chi connectivity index (χ0v) is 14.5. The second-order valence-electron chi connectivity index (χ2n) is 5.78. The van der Waals surface area contributed by atoms with Crippen LogP contribution in [0.2, 0.25) is 0 Å². The summed E-state index contributed by atoms with van der Waals surface area (Å²) in [6.07, 6.45) is 1.72. The number of rotatable bonds is 3. The van der Waals surface area contributed by atoms with Gasteiger partial charge in [-0.25, -0.2) is 0 Å². The lowest BCUT2D eigenvalue weighted by Crippen LogP contribution is -2.40. The Bertz CT molecular complexity index is 860. The molecule has 5 nitrogen and oxygen atoms in total. The van der Waals surface area contributed by atoms with Crippen LogP contribution < -0.4 is 10.2 Å². The highest BCUT2D eigenvalue weighted by Crippen LogP contribution is 2.29. The molecule has 0 bridgehead atoms. The Hall–Kier alpha value is -2.34. The van der Waals surface area contributed by atoms with Gasteiger partial charge in [-0.2, -0.15) is 4.98 Å². The molecule has 24 heavy (non-hydrogen) atoms. The van der Waals surface area contributed by atoms with E-state index in [0.717, 1.165) is 40.6 Å². The van der Waals surface area contributed by atoms with Crippen LogP contribution in [0.15, 0.2) is 57.4 Å². The van der Waals surface area contributed by atoms with E-state index < -0.39 is 0 Å². The van der Waals surface area contributed by atoms with Crippen LogP contribution in [0.3, 0.4) is 0 Å². The fourth-order valence-electron chi connectivity index (χ4n) is 3.03. The molecule has 2 aromatic carbocycles. The van der Waals surface area contributed by atoms with Crippen LogP contribution >= 0.6 is 15.9 Å². The minimum atomic E-state index is -0.273. The molecule has 1 aliphatic heterocycles. The van der Waals surface area contributed by atoms with Crippen molar-refractivity contribution < 1.29 is 9.21 Å². The molecule has 6 heteroatoms. The predicted molar refractivity (Wildman–Crippen MR) is 97.1 cm³/mol.